The largest absolute Gasteiger partial charge is 0.416 e. The first-order valence-corrected chi connectivity index (χ1v) is 19.0. The van der Waals surface area contributed by atoms with E-state index in [0.717, 1.165) is 69.4 Å². The van der Waals surface area contributed by atoms with Gasteiger partial charge in [-0.1, -0.05) is 78.9 Å². The molecule has 0 fully saturated rings. The fraction of sp³-hybridized carbons (Fsp3) is 0.286. The molecule has 268 valence electrons. The predicted molar refractivity (Wildman–Crippen MR) is 206 cm³/mol. The van der Waals surface area contributed by atoms with Crippen LogP contribution in [0.4, 0.5) is 17.6 Å². The SMILES string of the molecule is CCc1cccc(CC)c1-n1nc2c(c1-c1ccc(F)c3c1ccn3C(=O)c1ccccc1CI)CN(Cc1ccc(C(F)(F)F)cc1C)C2(C)C. The van der Waals surface area contributed by atoms with Crippen LogP contribution in [0.3, 0.4) is 0 Å². The van der Waals surface area contributed by atoms with E-state index >= 15 is 4.39 Å². The lowest BCUT2D eigenvalue weighted by atomic mass is 9.96. The van der Waals surface area contributed by atoms with Crippen molar-refractivity contribution in [2.24, 2.45) is 0 Å². The zero-order chi connectivity index (χ0) is 37.1. The molecule has 3 heterocycles. The predicted octanol–water partition coefficient (Wildman–Crippen LogP) is 11.0. The van der Waals surface area contributed by atoms with Gasteiger partial charge in [0.2, 0.25) is 0 Å². The summed E-state index contributed by atoms with van der Waals surface area (Å²) >= 11 is 2.23. The van der Waals surface area contributed by atoms with E-state index in [1.165, 1.54) is 16.7 Å². The summed E-state index contributed by atoms with van der Waals surface area (Å²) in [5.74, 6) is -0.810. The molecule has 0 saturated carbocycles. The number of carbonyl (C=O) groups excluding carboxylic acids is 1. The average Bonchev–Trinajstić information content (AvgIpc) is 3.80. The molecule has 10 heteroatoms. The van der Waals surface area contributed by atoms with Gasteiger partial charge in [-0.25, -0.2) is 9.07 Å². The molecule has 52 heavy (non-hydrogen) atoms. The molecule has 0 aliphatic carbocycles. The highest BCUT2D eigenvalue weighted by molar-refractivity contribution is 14.1. The molecule has 0 N–H and O–H groups in total. The summed E-state index contributed by atoms with van der Waals surface area (Å²) in [5, 5.41) is 5.96. The van der Waals surface area contributed by atoms with E-state index in [2.05, 4.69) is 73.4 Å². The van der Waals surface area contributed by atoms with Crippen LogP contribution in [0.2, 0.25) is 0 Å². The zero-order valence-corrected chi connectivity index (χ0v) is 31.9. The molecule has 1 aliphatic rings. The molecule has 5 nitrogen and oxygen atoms in total. The van der Waals surface area contributed by atoms with E-state index in [1.807, 2.05) is 22.9 Å². The standard InChI is InChI=1S/C42H39F4IN4O/c1-6-26-12-10-13-27(7-2)36(26)51-37(32-17-18-35(43)38-33(32)19-20-50(38)40(52)31-14-9-8-11-28(31)22-47)34-24-49(41(4,5)39(34)48-51)23-29-15-16-30(21-25(29)3)42(44,45)46/h8-21H,6-7,22-24H2,1-5H3. The Kier molecular flexibility index (Phi) is 9.44. The van der Waals surface area contributed by atoms with Gasteiger partial charge in [0.1, 0.15) is 5.82 Å². The van der Waals surface area contributed by atoms with Gasteiger partial charge in [0.15, 0.2) is 0 Å². The lowest BCUT2D eigenvalue weighted by Crippen LogP contribution is -2.36. The van der Waals surface area contributed by atoms with Crippen molar-refractivity contribution in [2.75, 3.05) is 0 Å². The smallest absolute Gasteiger partial charge is 0.284 e. The fourth-order valence-electron chi connectivity index (χ4n) is 7.63. The van der Waals surface area contributed by atoms with Crippen molar-refractivity contribution in [2.45, 2.75) is 76.7 Å². The minimum atomic E-state index is -4.42. The summed E-state index contributed by atoms with van der Waals surface area (Å²) in [7, 11) is 0. The Bertz CT molecular complexity index is 2330. The number of para-hydroxylation sites is 1. The first kappa shape index (κ1) is 36.1. The summed E-state index contributed by atoms with van der Waals surface area (Å²) in [4.78, 5) is 16.2. The van der Waals surface area contributed by atoms with E-state index in [4.69, 9.17) is 5.10 Å². The number of hydrogen-bond acceptors (Lipinski definition) is 3. The van der Waals surface area contributed by atoms with Gasteiger partial charge in [-0.15, -0.1) is 0 Å². The van der Waals surface area contributed by atoms with Gasteiger partial charge in [0.25, 0.3) is 5.91 Å². The van der Waals surface area contributed by atoms with Crippen LogP contribution < -0.4 is 0 Å². The number of carbonyl (C=O) groups is 1. The second-order valence-corrected chi connectivity index (χ2v) is 14.7. The number of hydrogen-bond donors (Lipinski definition) is 0. The molecule has 0 spiro atoms. The van der Waals surface area contributed by atoms with E-state index in [0.29, 0.717) is 34.0 Å². The molecule has 0 radical (unpaired) electrons. The highest BCUT2D eigenvalue weighted by atomic mass is 127. The van der Waals surface area contributed by atoms with Crippen LogP contribution in [0.5, 0.6) is 0 Å². The Hall–Kier alpha value is -4.29. The van der Waals surface area contributed by atoms with Crippen molar-refractivity contribution in [3.8, 4) is 16.9 Å². The molecule has 7 rings (SSSR count). The summed E-state index contributed by atoms with van der Waals surface area (Å²) in [6.07, 6.45) is -1.22. The number of nitrogens with zero attached hydrogens (tertiary/aromatic N) is 4. The number of benzene rings is 4. The molecule has 0 unspecified atom stereocenters. The van der Waals surface area contributed by atoms with Crippen molar-refractivity contribution < 1.29 is 22.4 Å². The van der Waals surface area contributed by atoms with E-state index in [-0.39, 0.29) is 11.4 Å². The molecule has 0 atom stereocenters. The lowest BCUT2D eigenvalue weighted by Gasteiger charge is -2.32. The van der Waals surface area contributed by atoms with E-state index in [9.17, 15) is 18.0 Å². The van der Waals surface area contributed by atoms with Crippen LogP contribution in [0.1, 0.15) is 82.7 Å². The highest BCUT2D eigenvalue weighted by Gasteiger charge is 2.44. The minimum absolute atomic E-state index is 0.196. The summed E-state index contributed by atoms with van der Waals surface area (Å²) in [5.41, 5.74) is 8.30. The number of rotatable bonds is 8. The first-order chi connectivity index (χ1) is 24.8. The van der Waals surface area contributed by atoms with Crippen LogP contribution in [0.15, 0.2) is 85.1 Å². The number of aryl methyl sites for hydroxylation is 3. The molecule has 1 aliphatic heterocycles. The van der Waals surface area contributed by atoms with Gasteiger partial charge in [0.05, 0.1) is 33.7 Å². The molecule has 0 amide bonds. The molecule has 2 aromatic heterocycles. The fourth-order valence-corrected chi connectivity index (χ4v) is 8.30. The molecule has 4 aromatic carbocycles. The van der Waals surface area contributed by atoms with Crippen molar-refractivity contribution >= 4 is 39.4 Å². The summed E-state index contributed by atoms with van der Waals surface area (Å²) in [6.45, 7) is 11.0. The quantitative estimate of drug-likeness (QED) is 0.0873. The van der Waals surface area contributed by atoms with Crippen molar-refractivity contribution in [3.63, 3.8) is 0 Å². The Morgan fingerprint density at radius 1 is 0.904 bits per heavy atom. The monoisotopic (exact) mass is 818 g/mol. The van der Waals surface area contributed by atoms with Crippen molar-refractivity contribution in [3.05, 3.63) is 141 Å². The molecule has 0 saturated heterocycles. The van der Waals surface area contributed by atoms with Crippen LogP contribution in [-0.4, -0.2) is 25.2 Å². The van der Waals surface area contributed by atoms with Crippen LogP contribution in [0, 0.1) is 12.7 Å². The van der Waals surface area contributed by atoms with Gasteiger partial charge in [-0.3, -0.25) is 14.3 Å². The average molecular weight is 819 g/mol. The number of fused-ring (bicyclic) bond motifs is 2. The Balaban J connectivity index is 1.43. The van der Waals surface area contributed by atoms with Crippen LogP contribution in [0.25, 0.3) is 27.8 Å². The number of aromatic nitrogens is 3. The third-order valence-corrected chi connectivity index (χ3v) is 11.4. The summed E-state index contributed by atoms with van der Waals surface area (Å²) in [6, 6.07) is 22.6. The maximum absolute atomic E-state index is 16.0. The molecular weight excluding hydrogens is 779 g/mol. The Morgan fingerprint density at radius 3 is 2.25 bits per heavy atom. The number of halogens is 5. The zero-order valence-electron chi connectivity index (χ0n) is 29.7. The van der Waals surface area contributed by atoms with Gasteiger partial charge in [-0.05, 0) is 97.8 Å². The van der Waals surface area contributed by atoms with Gasteiger partial charge >= 0.3 is 6.18 Å². The first-order valence-electron chi connectivity index (χ1n) is 17.4. The number of alkyl halides is 4. The Morgan fingerprint density at radius 2 is 1.60 bits per heavy atom. The van der Waals surface area contributed by atoms with Crippen LogP contribution >= 0.6 is 22.6 Å². The van der Waals surface area contributed by atoms with Gasteiger partial charge in [0, 0.05) is 45.8 Å². The lowest BCUT2D eigenvalue weighted by molar-refractivity contribution is -0.137. The second kappa shape index (κ2) is 13.6. The summed E-state index contributed by atoms with van der Waals surface area (Å²) < 4.78 is 60.5. The maximum Gasteiger partial charge on any atom is 0.416 e. The second-order valence-electron chi connectivity index (χ2n) is 13.9. The minimum Gasteiger partial charge on any atom is -0.284 e. The molecule has 6 aromatic rings. The highest BCUT2D eigenvalue weighted by Crippen LogP contribution is 2.47. The third-order valence-electron chi connectivity index (χ3n) is 10.6. The maximum atomic E-state index is 16.0. The topological polar surface area (TPSA) is 43.1 Å². The molecular formula is C42H39F4IN4O. The van der Waals surface area contributed by atoms with Crippen LogP contribution in [-0.2, 0) is 42.1 Å². The van der Waals surface area contributed by atoms with Crippen molar-refractivity contribution in [1.82, 2.24) is 19.2 Å². The molecule has 0 bridgehead atoms. The normalized spacial score (nSPS) is 14.3. The van der Waals surface area contributed by atoms with E-state index in [1.54, 1.807) is 37.4 Å². The third kappa shape index (κ3) is 5.97. The Labute approximate surface area is 314 Å². The van der Waals surface area contributed by atoms with Gasteiger partial charge < -0.3 is 0 Å². The van der Waals surface area contributed by atoms with Gasteiger partial charge in [-0.2, -0.15) is 18.3 Å². The van der Waals surface area contributed by atoms with E-state index < -0.39 is 23.1 Å². The van der Waals surface area contributed by atoms with Crippen molar-refractivity contribution in [1.29, 1.82) is 0 Å².